The standard InChI is InChI=1S/C26H36N4O4/c1-26(2,3)34-25(33)29-21-8-5-4-7-20(21)15-23(31)30-14-6-9-22(30)24(32)28-17-19-12-10-18(16-27)11-13-19/h10-13,20-22H,4-9,14-15,17H2,1-3H3,(H,28,32)(H,29,33)/t20-,21?,22+/m1/s1. The average molecular weight is 469 g/mol. The lowest BCUT2D eigenvalue weighted by Gasteiger charge is -2.34. The number of nitrogens with zero attached hydrogens (tertiary/aromatic N) is 2. The number of rotatable bonds is 6. The van der Waals surface area contributed by atoms with E-state index in [4.69, 9.17) is 10.00 Å². The molecule has 184 valence electrons. The number of likely N-dealkylation sites (tertiary alicyclic amines) is 1. The number of nitriles is 1. The van der Waals surface area contributed by atoms with Crippen LogP contribution in [0.1, 0.15) is 76.8 Å². The maximum atomic E-state index is 13.2. The fourth-order valence-electron chi connectivity index (χ4n) is 4.78. The van der Waals surface area contributed by atoms with Crippen molar-refractivity contribution in [2.45, 2.75) is 89.9 Å². The zero-order valence-corrected chi connectivity index (χ0v) is 20.4. The molecule has 1 aromatic rings. The van der Waals surface area contributed by atoms with Gasteiger partial charge in [0.05, 0.1) is 11.6 Å². The summed E-state index contributed by atoms with van der Waals surface area (Å²) in [4.78, 5) is 40.0. The van der Waals surface area contributed by atoms with Crippen LogP contribution >= 0.6 is 0 Å². The largest absolute Gasteiger partial charge is 0.444 e. The topological polar surface area (TPSA) is 112 Å². The molecule has 2 N–H and O–H groups in total. The highest BCUT2D eigenvalue weighted by Gasteiger charge is 2.37. The van der Waals surface area contributed by atoms with Gasteiger partial charge in [0.15, 0.2) is 0 Å². The van der Waals surface area contributed by atoms with Crippen LogP contribution in [0.15, 0.2) is 24.3 Å². The molecule has 8 heteroatoms. The van der Waals surface area contributed by atoms with Crippen LogP contribution in [0.2, 0.25) is 0 Å². The van der Waals surface area contributed by atoms with E-state index in [2.05, 4.69) is 16.7 Å². The fourth-order valence-corrected chi connectivity index (χ4v) is 4.78. The van der Waals surface area contributed by atoms with Crippen LogP contribution in [0.4, 0.5) is 4.79 Å². The van der Waals surface area contributed by atoms with Gasteiger partial charge in [-0.15, -0.1) is 0 Å². The molecule has 0 aromatic heterocycles. The summed E-state index contributed by atoms with van der Waals surface area (Å²) in [5.74, 6) is -0.141. The van der Waals surface area contributed by atoms with Crippen molar-refractivity contribution in [1.29, 1.82) is 5.26 Å². The Labute approximate surface area is 202 Å². The quantitative estimate of drug-likeness (QED) is 0.662. The normalized spacial score (nSPS) is 22.5. The van der Waals surface area contributed by atoms with Gasteiger partial charge in [-0.2, -0.15) is 5.26 Å². The van der Waals surface area contributed by atoms with Crippen molar-refractivity contribution in [3.8, 4) is 6.07 Å². The Hall–Kier alpha value is -3.08. The van der Waals surface area contributed by atoms with Crippen molar-refractivity contribution < 1.29 is 19.1 Å². The van der Waals surface area contributed by atoms with Crippen LogP contribution in [0.25, 0.3) is 0 Å². The summed E-state index contributed by atoms with van der Waals surface area (Å²) in [5.41, 5.74) is 0.907. The molecule has 2 fully saturated rings. The molecule has 1 saturated carbocycles. The van der Waals surface area contributed by atoms with Gasteiger partial charge in [0.25, 0.3) is 0 Å². The van der Waals surface area contributed by atoms with E-state index in [1.54, 1.807) is 17.0 Å². The lowest BCUT2D eigenvalue weighted by atomic mass is 9.82. The molecular formula is C26H36N4O4. The van der Waals surface area contributed by atoms with Crippen molar-refractivity contribution in [2.24, 2.45) is 5.92 Å². The molecular weight excluding hydrogens is 432 g/mol. The smallest absolute Gasteiger partial charge is 0.407 e. The van der Waals surface area contributed by atoms with Crippen LogP contribution in [0, 0.1) is 17.2 Å². The minimum absolute atomic E-state index is 0.0288. The number of hydrogen-bond acceptors (Lipinski definition) is 5. The number of carbonyl (C=O) groups is 3. The third-order valence-corrected chi connectivity index (χ3v) is 6.47. The number of nitrogens with one attached hydrogen (secondary N) is 2. The first-order valence-electron chi connectivity index (χ1n) is 12.2. The van der Waals surface area contributed by atoms with E-state index in [0.29, 0.717) is 31.5 Å². The summed E-state index contributed by atoms with van der Waals surface area (Å²) in [7, 11) is 0. The van der Waals surface area contributed by atoms with E-state index in [1.807, 2.05) is 32.9 Å². The van der Waals surface area contributed by atoms with Gasteiger partial charge in [0, 0.05) is 25.6 Å². The van der Waals surface area contributed by atoms with Crippen LogP contribution in [-0.4, -0.2) is 47.0 Å². The Morgan fingerprint density at radius 3 is 2.47 bits per heavy atom. The van der Waals surface area contributed by atoms with Gasteiger partial charge >= 0.3 is 6.09 Å². The molecule has 34 heavy (non-hydrogen) atoms. The first-order valence-corrected chi connectivity index (χ1v) is 12.2. The van der Waals surface area contributed by atoms with E-state index >= 15 is 0 Å². The summed E-state index contributed by atoms with van der Waals surface area (Å²) in [6, 6.07) is 8.59. The Balaban J connectivity index is 1.55. The Morgan fingerprint density at radius 2 is 1.79 bits per heavy atom. The SMILES string of the molecule is CC(C)(C)OC(=O)NC1CCCC[C@@H]1CC(=O)N1CCC[C@H]1C(=O)NCc1ccc(C#N)cc1. The van der Waals surface area contributed by atoms with Gasteiger partial charge in [-0.05, 0) is 70.1 Å². The molecule has 1 saturated heterocycles. The van der Waals surface area contributed by atoms with E-state index in [9.17, 15) is 14.4 Å². The molecule has 2 aliphatic rings. The van der Waals surface area contributed by atoms with Crippen molar-refractivity contribution in [3.63, 3.8) is 0 Å². The first kappa shape index (κ1) is 25.5. The monoisotopic (exact) mass is 468 g/mol. The highest BCUT2D eigenvalue weighted by atomic mass is 16.6. The van der Waals surface area contributed by atoms with Crippen molar-refractivity contribution >= 4 is 17.9 Å². The van der Waals surface area contributed by atoms with Gasteiger partial charge in [-0.25, -0.2) is 4.79 Å². The van der Waals surface area contributed by atoms with Crippen molar-refractivity contribution in [3.05, 3.63) is 35.4 Å². The summed E-state index contributed by atoms with van der Waals surface area (Å²) in [5, 5.41) is 14.8. The van der Waals surface area contributed by atoms with Crippen LogP contribution < -0.4 is 10.6 Å². The minimum Gasteiger partial charge on any atom is -0.444 e. The highest BCUT2D eigenvalue weighted by molar-refractivity contribution is 5.88. The minimum atomic E-state index is -0.571. The van der Waals surface area contributed by atoms with Gasteiger partial charge < -0.3 is 20.3 Å². The molecule has 1 heterocycles. The van der Waals surface area contributed by atoms with Crippen LogP contribution in [0.5, 0.6) is 0 Å². The van der Waals surface area contributed by atoms with Crippen LogP contribution in [0.3, 0.4) is 0 Å². The zero-order chi connectivity index (χ0) is 24.7. The summed E-state index contributed by atoms with van der Waals surface area (Å²) < 4.78 is 5.40. The van der Waals surface area contributed by atoms with Gasteiger partial charge in [0.1, 0.15) is 11.6 Å². The first-order chi connectivity index (χ1) is 16.2. The Morgan fingerprint density at radius 1 is 1.09 bits per heavy atom. The maximum absolute atomic E-state index is 13.2. The van der Waals surface area contributed by atoms with Gasteiger partial charge in [-0.1, -0.05) is 25.0 Å². The lowest BCUT2D eigenvalue weighted by Crippen LogP contribution is -2.48. The number of carbonyl (C=O) groups excluding carboxylic acids is 3. The highest BCUT2D eigenvalue weighted by Crippen LogP contribution is 2.29. The number of benzene rings is 1. The molecule has 0 bridgehead atoms. The predicted molar refractivity (Wildman–Crippen MR) is 127 cm³/mol. The molecule has 3 rings (SSSR count). The number of ether oxygens (including phenoxy) is 1. The molecule has 8 nitrogen and oxygen atoms in total. The Kier molecular flexibility index (Phi) is 8.54. The summed E-state index contributed by atoms with van der Waals surface area (Å²) >= 11 is 0. The second-order valence-corrected chi connectivity index (χ2v) is 10.3. The molecule has 0 radical (unpaired) electrons. The average Bonchev–Trinajstić information content (AvgIpc) is 3.28. The second-order valence-electron chi connectivity index (χ2n) is 10.3. The molecule has 1 aromatic carbocycles. The van der Waals surface area contributed by atoms with Crippen LogP contribution in [-0.2, 0) is 20.9 Å². The summed E-state index contributed by atoms with van der Waals surface area (Å²) in [6.07, 6.45) is 5.05. The fraction of sp³-hybridized carbons (Fsp3) is 0.615. The molecule has 3 amide bonds. The molecule has 3 atom stereocenters. The zero-order valence-electron chi connectivity index (χ0n) is 20.4. The van der Waals surface area contributed by atoms with E-state index in [1.165, 1.54) is 0 Å². The van der Waals surface area contributed by atoms with E-state index in [0.717, 1.165) is 37.7 Å². The van der Waals surface area contributed by atoms with Gasteiger partial charge in [0.2, 0.25) is 11.8 Å². The molecule has 0 spiro atoms. The predicted octanol–water partition coefficient (Wildman–Crippen LogP) is 3.64. The summed E-state index contributed by atoms with van der Waals surface area (Å²) in [6.45, 7) is 6.41. The third-order valence-electron chi connectivity index (χ3n) is 6.47. The van der Waals surface area contributed by atoms with Gasteiger partial charge in [-0.3, -0.25) is 9.59 Å². The van der Waals surface area contributed by atoms with E-state index in [-0.39, 0.29) is 23.8 Å². The number of amides is 3. The van der Waals surface area contributed by atoms with Crippen molar-refractivity contribution in [2.75, 3.05) is 6.54 Å². The molecule has 1 aliphatic heterocycles. The van der Waals surface area contributed by atoms with Crippen molar-refractivity contribution in [1.82, 2.24) is 15.5 Å². The maximum Gasteiger partial charge on any atom is 0.407 e. The lowest BCUT2D eigenvalue weighted by molar-refractivity contribution is -0.139. The molecule has 1 unspecified atom stereocenters. The number of alkyl carbamates (subject to hydrolysis) is 1. The molecule has 1 aliphatic carbocycles. The second kappa shape index (κ2) is 11.4. The number of hydrogen-bond donors (Lipinski definition) is 2. The van der Waals surface area contributed by atoms with E-state index < -0.39 is 17.7 Å². The third kappa shape index (κ3) is 7.21. The Bertz CT molecular complexity index is 916.